The van der Waals surface area contributed by atoms with Gasteiger partial charge in [0.1, 0.15) is 35.3 Å². The zero-order valence-electron chi connectivity index (χ0n) is 36.7. The number of anilines is 2. The van der Waals surface area contributed by atoms with Crippen molar-refractivity contribution in [3.63, 3.8) is 0 Å². The normalized spacial score (nSPS) is 17.4. The van der Waals surface area contributed by atoms with Crippen molar-refractivity contribution in [3.05, 3.63) is 94.5 Å². The molecular weight excluding hydrogens is 851 g/mol. The number of alkyl halides is 3. The zero-order chi connectivity index (χ0) is 45.2. The van der Waals surface area contributed by atoms with E-state index in [4.69, 9.17) is 50.2 Å². The number of ether oxygens (including phenoxy) is 5. The quantitative estimate of drug-likeness (QED) is 0.112. The van der Waals surface area contributed by atoms with Crippen LogP contribution in [0.4, 0.5) is 29.6 Å². The molecule has 17 heteroatoms. The summed E-state index contributed by atoms with van der Waals surface area (Å²) in [6, 6.07) is 21.1. The highest BCUT2D eigenvalue weighted by molar-refractivity contribution is 6.34. The third kappa shape index (κ3) is 10.3. The number of nitrogens with zero attached hydrogens (tertiary/aromatic N) is 7. The predicted octanol–water partition coefficient (Wildman–Crippen LogP) is 8.89. The molecule has 0 bridgehead atoms. The monoisotopic (exact) mass is 903 g/mol. The molecule has 13 nitrogen and oxygen atoms in total. The van der Waals surface area contributed by atoms with Crippen molar-refractivity contribution in [2.75, 3.05) is 76.6 Å². The van der Waals surface area contributed by atoms with Gasteiger partial charge in [0.15, 0.2) is 0 Å². The van der Waals surface area contributed by atoms with Gasteiger partial charge in [0.05, 0.1) is 55.3 Å². The molecule has 1 atom stereocenters. The van der Waals surface area contributed by atoms with Crippen molar-refractivity contribution < 1.29 is 41.7 Å². The standard InChI is InChI=1S/C47H53ClF3N7O6/c1-46(2,3)64-45(59)56-21-19-55(20-22-56)43-37-23-39(48)36(24-40(37)52-44(54-43)63-29-32-7-6-18-58(32)33-27-62-28-33)42-38(47(49,50)51)16-17-41(53-42)57(25-30-8-12-34(60-4)13-9-30)26-31-10-14-35(61-5)15-11-31/h8-17,23-24,32-33H,6-7,18-22,25-29H2,1-5H3/t32-/m0/s1. The SMILES string of the molecule is COc1ccc(CN(Cc2ccc(OC)cc2)c2ccc(C(F)(F)F)c(-c3cc4nc(OC[C@@H]5CCCN5C5COC5)nc(N5CCN(C(=O)OC(C)(C)C)CC5)c4cc3Cl)n2)cc1. The van der Waals surface area contributed by atoms with Gasteiger partial charge in [-0.1, -0.05) is 35.9 Å². The summed E-state index contributed by atoms with van der Waals surface area (Å²) in [6.07, 6.45) is -3.20. The Morgan fingerprint density at radius 1 is 0.844 bits per heavy atom. The summed E-state index contributed by atoms with van der Waals surface area (Å²) in [5, 5.41) is 0.556. The number of methoxy groups -OCH3 is 2. The average Bonchev–Trinajstić information content (AvgIpc) is 3.71. The number of hydrogen-bond donors (Lipinski definition) is 0. The minimum atomic E-state index is -4.77. The molecule has 3 saturated heterocycles. The van der Waals surface area contributed by atoms with Crippen LogP contribution in [0.25, 0.3) is 22.2 Å². The van der Waals surface area contributed by atoms with Crippen molar-refractivity contribution in [1.29, 1.82) is 0 Å². The fraction of sp³-hybridized carbons (Fsp3) is 0.447. The maximum Gasteiger partial charge on any atom is 0.418 e. The number of pyridine rings is 1. The van der Waals surface area contributed by atoms with Gasteiger partial charge in [-0.05, 0) is 99.8 Å². The smallest absolute Gasteiger partial charge is 0.418 e. The van der Waals surface area contributed by atoms with E-state index in [0.717, 1.165) is 36.6 Å². The van der Waals surface area contributed by atoms with E-state index in [0.29, 0.717) is 99.2 Å². The molecule has 3 aromatic carbocycles. The van der Waals surface area contributed by atoms with E-state index < -0.39 is 23.4 Å². The number of amides is 1. The van der Waals surface area contributed by atoms with Crippen LogP contribution in [-0.2, 0) is 28.7 Å². The van der Waals surface area contributed by atoms with Gasteiger partial charge in [0.2, 0.25) is 0 Å². The van der Waals surface area contributed by atoms with Crippen molar-refractivity contribution in [3.8, 4) is 28.8 Å². The number of carbonyl (C=O) groups excluding carboxylic acids is 1. The molecule has 0 saturated carbocycles. The van der Waals surface area contributed by atoms with Crippen molar-refractivity contribution >= 4 is 40.2 Å². The molecule has 8 rings (SSSR count). The lowest BCUT2D eigenvalue weighted by Crippen LogP contribution is -2.52. The fourth-order valence-electron chi connectivity index (χ4n) is 8.31. The molecule has 64 heavy (non-hydrogen) atoms. The van der Waals surface area contributed by atoms with Crippen LogP contribution >= 0.6 is 11.6 Å². The lowest BCUT2D eigenvalue weighted by molar-refractivity contribution is -0.137. The first kappa shape index (κ1) is 45.0. The summed E-state index contributed by atoms with van der Waals surface area (Å²) in [6.45, 7) is 10.3. The molecule has 3 fully saturated rings. The number of hydrogen-bond acceptors (Lipinski definition) is 12. The van der Waals surface area contributed by atoms with E-state index in [-0.39, 0.29) is 28.3 Å². The van der Waals surface area contributed by atoms with Gasteiger partial charge in [-0.25, -0.2) is 9.78 Å². The molecule has 3 aliphatic rings. The second-order valence-electron chi connectivity index (χ2n) is 17.3. The zero-order valence-corrected chi connectivity index (χ0v) is 37.4. The molecule has 0 N–H and O–H groups in total. The van der Waals surface area contributed by atoms with Crippen molar-refractivity contribution in [2.24, 2.45) is 0 Å². The first-order valence-corrected chi connectivity index (χ1v) is 21.8. The molecule has 0 unspecified atom stereocenters. The van der Waals surface area contributed by atoms with Crippen LogP contribution in [0.15, 0.2) is 72.8 Å². The molecule has 5 heterocycles. The summed E-state index contributed by atoms with van der Waals surface area (Å²) in [5.41, 5.74) is 0.233. The summed E-state index contributed by atoms with van der Waals surface area (Å²) in [4.78, 5) is 35.4. The highest BCUT2D eigenvalue weighted by Crippen LogP contribution is 2.42. The van der Waals surface area contributed by atoms with Crippen LogP contribution < -0.4 is 24.0 Å². The van der Waals surface area contributed by atoms with E-state index in [1.54, 1.807) is 31.3 Å². The van der Waals surface area contributed by atoms with Crippen LogP contribution in [0.3, 0.4) is 0 Å². The molecule has 5 aromatic rings. The largest absolute Gasteiger partial charge is 0.497 e. The number of rotatable bonds is 13. The highest BCUT2D eigenvalue weighted by atomic mass is 35.5. The molecule has 3 aliphatic heterocycles. The number of carbonyl (C=O) groups is 1. The molecule has 340 valence electrons. The number of fused-ring (bicyclic) bond motifs is 1. The third-order valence-corrected chi connectivity index (χ3v) is 12.0. The van der Waals surface area contributed by atoms with E-state index in [1.807, 2.05) is 79.1 Å². The van der Waals surface area contributed by atoms with E-state index >= 15 is 13.2 Å². The Morgan fingerprint density at radius 2 is 1.48 bits per heavy atom. The van der Waals surface area contributed by atoms with Crippen LogP contribution in [-0.4, -0.2) is 115 Å². The Labute approximate surface area is 376 Å². The first-order chi connectivity index (χ1) is 30.6. The van der Waals surface area contributed by atoms with Crippen molar-refractivity contribution in [2.45, 2.75) is 70.6 Å². The van der Waals surface area contributed by atoms with Gasteiger partial charge >= 0.3 is 18.3 Å². The number of benzene rings is 3. The van der Waals surface area contributed by atoms with Crippen molar-refractivity contribution in [1.82, 2.24) is 24.8 Å². The van der Waals surface area contributed by atoms with Gasteiger partial charge in [0, 0.05) is 56.3 Å². The predicted molar refractivity (Wildman–Crippen MR) is 239 cm³/mol. The van der Waals surface area contributed by atoms with E-state index in [2.05, 4.69) is 4.90 Å². The Morgan fingerprint density at radius 3 is 2.05 bits per heavy atom. The third-order valence-electron chi connectivity index (χ3n) is 11.7. The molecule has 0 aliphatic carbocycles. The van der Waals surface area contributed by atoms with Crippen LogP contribution in [0.5, 0.6) is 17.5 Å². The summed E-state index contributed by atoms with van der Waals surface area (Å²) in [5.74, 6) is 2.16. The second kappa shape index (κ2) is 18.9. The topological polar surface area (TPSA) is 115 Å². The number of halogens is 4. The Kier molecular flexibility index (Phi) is 13.3. The van der Waals surface area contributed by atoms with Crippen LogP contribution in [0.1, 0.15) is 50.3 Å². The maximum atomic E-state index is 15.0. The van der Waals surface area contributed by atoms with Gasteiger partial charge in [0.25, 0.3) is 0 Å². The molecule has 0 spiro atoms. The highest BCUT2D eigenvalue weighted by Gasteiger charge is 2.37. The number of piperazine rings is 1. The van der Waals surface area contributed by atoms with Gasteiger partial charge in [-0.2, -0.15) is 23.1 Å². The molecule has 1 amide bonds. The summed E-state index contributed by atoms with van der Waals surface area (Å²) >= 11 is 7.06. The lowest BCUT2D eigenvalue weighted by atomic mass is 10.0. The van der Waals surface area contributed by atoms with Gasteiger partial charge in [-0.3, -0.25) is 4.90 Å². The summed E-state index contributed by atoms with van der Waals surface area (Å²) in [7, 11) is 3.17. The molecular formula is C47H53ClF3N7O6. The number of likely N-dealkylation sites (tertiary alicyclic amines) is 1. The Hall–Kier alpha value is -5.58. The molecule has 0 radical (unpaired) electrons. The maximum absolute atomic E-state index is 15.0. The minimum absolute atomic E-state index is 0.0368. The Balaban J connectivity index is 1.18. The fourth-order valence-corrected chi connectivity index (χ4v) is 8.56. The lowest BCUT2D eigenvalue weighted by Gasteiger charge is -2.38. The first-order valence-electron chi connectivity index (χ1n) is 21.5. The average molecular weight is 904 g/mol. The molecule has 2 aromatic heterocycles. The van der Waals surface area contributed by atoms with E-state index in [9.17, 15) is 4.79 Å². The van der Waals surface area contributed by atoms with Gasteiger partial charge in [-0.15, -0.1) is 0 Å². The minimum Gasteiger partial charge on any atom is -0.497 e. The second-order valence-corrected chi connectivity index (χ2v) is 17.7. The van der Waals surface area contributed by atoms with Crippen LogP contribution in [0, 0.1) is 0 Å². The van der Waals surface area contributed by atoms with Gasteiger partial charge < -0.3 is 38.4 Å². The number of aromatic nitrogens is 3. The van der Waals surface area contributed by atoms with E-state index in [1.165, 1.54) is 6.07 Å². The Bertz CT molecular complexity index is 2380. The summed E-state index contributed by atoms with van der Waals surface area (Å²) < 4.78 is 73.3. The van der Waals surface area contributed by atoms with Crippen LogP contribution in [0.2, 0.25) is 5.02 Å².